The number of aliphatic carboxylic acids is 2. The summed E-state index contributed by atoms with van der Waals surface area (Å²) in [7, 11) is 0. The van der Waals surface area contributed by atoms with Gasteiger partial charge in [-0.3, -0.25) is 19.2 Å². The van der Waals surface area contributed by atoms with Crippen LogP contribution in [0.15, 0.2) is 44.9 Å². The molecule has 0 spiro atoms. The van der Waals surface area contributed by atoms with Gasteiger partial charge in [0.25, 0.3) is 11.8 Å². The normalized spacial score (nSPS) is 15.8. The molecular weight excluding hydrogens is 580 g/mol. The molecule has 0 aromatic carbocycles. The SMILES string of the molecule is C=CC1=C(C)C(Cc2[nH]c(Cc3[nH]c(CC4=NC(=O)C(C)=C4[C@@H](C)S)c(C)c3CCC(=O)O)c(CCC(=O)O)c2C)=NC1=O. The molecule has 0 radical (unpaired) electrons. The number of thiol groups is 1. The molecule has 0 saturated heterocycles. The number of aromatic amines is 2. The van der Waals surface area contributed by atoms with Gasteiger partial charge >= 0.3 is 11.9 Å². The highest BCUT2D eigenvalue weighted by Gasteiger charge is 2.29. The standard InChI is InChI=1S/C33H38N4O6S/c1-7-20-15(2)25(36-33(20)43)12-23-16(3)21(8-10-29(38)39)26(34-23)14-27-22(9-11-30(40)41)17(4)24(35-27)13-28-31(19(6)44)18(5)32(42)37-28/h7,19,34-35,44H,1,8-14H2,2-6H3,(H,38,39)(H,40,41)/t19-/m1/s1. The lowest BCUT2D eigenvalue weighted by Gasteiger charge is -2.11. The molecule has 2 aromatic heterocycles. The number of hydrogen-bond acceptors (Lipinski definition) is 5. The lowest BCUT2D eigenvalue weighted by Crippen LogP contribution is -2.13. The van der Waals surface area contributed by atoms with Crippen molar-refractivity contribution in [1.82, 2.24) is 9.97 Å². The van der Waals surface area contributed by atoms with Gasteiger partial charge in [0.2, 0.25) is 0 Å². The van der Waals surface area contributed by atoms with Crippen LogP contribution in [0.3, 0.4) is 0 Å². The topological polar surface area (TPSA) is 165 Å². The lowest BCUT2D eigenvalue weighted by atomic mass is 9.96. The smallest absolute Gasteiger partial charge is 0.303 e. The van der Waals surface area contributed by atoms with Gasteiger partial charge in [0, 0.05) is 71.3 Å². The number of carbonyl (C=O) groups is 4. The molecule has 1 atom stereocenters. The molecule has 232 valence electrons. The zero-order valence-electron chi connectivity index (χ0n) is 25.7. The van der Waals surface area contributed by atoms with Crippen LogP contribution in [0, 0.1) is 13.8 Å². The number of carboxylic acids is 2. The van der Waals surface area contributed by atoms with Gasteiger partial charge in [0.1, 0.15) is 0 Å². The molecule has 4 N–H and O–H groups in total. The first-order chi connectivity index (χ1) is 20.7. The third kappa shape index (κ3) is 6.62. The van der Waals surface area contributed by atoms with Gasteiger partial charge in [0.15, 0.2) is 0 Å². The van der Waals surface area contributed by atoms with E-state index in [2.05, 4.69) is 39.2 Å². The molecule has 0 bridgehead atoms. The molecule has 10 nitrogen and oxygen atoms in total. The van der Waals surface area contributed by atoms with Crippen LogP contribution >= 0.6 is 12.6 Å². The van der Waals surface area contributed by atoms with Crippen molar-refractivity contribution in [3.05, 3.63) is 80.0 Å². The van der Waals surface area contributed by atoms with Gasteiger partial charge in [-0.2, -0.15) is 12.6 Å². The Bertz CT molecular complexity index is 1710. The summed E-state index contributed by atoms with van der Waals surface area (Å²) in [5.74, 6) is -2.43. The van der Waals surface area contributed by atoms with Gasteiger partial charge in [-0.05, 0) is 80.9 Å². The number of aliphatic imine (C=N–C) groups is 2. The lowest BCUT2D eigenvalue weighted by molar-refractivity contribution is -0.138. The highest BCUT2D eigenvalue weighted by atomic mass is 32.1. The number of rotatable bonds is 14. The van der Waals surface area contributed by atoms with Gasteiger partial charge in [-0.15, -0.1) is 0 Å². The predicted molar refractivity (Wildman–Crippen MR) is 172 cm³/mol. The predicted octanol–water partition coefficient (Wildman–Crippen LogP) is 4.77. The van der Waals surface area contributed by atoms with Crippen LogP contribution in [0.2, 0.25) is 0 Å². The molecule has 44 heavy (non-hydrogen) atoms. The maximum atomic E-state index is 12.4. The summed E-state index contributed by atoms with van der Waals surface area (Å²) >= 11 is 4.56. The minimum Gasteiger partial charge on any atom is -0.481 e. The summed E-state index contributed by atoms with van der Waals surface area (Å²) in [6.45, 7) is 13.1. The van der Waals surface area contributed by atoms with E-state index < -0.39 is 11.9 Å². The fourth-order valence-corrected chi connectivity index (χ4v) is 6.45. The van der Waals surface area contributed by atoms with Crippen LogP contribution in [0.4, 0.5) is 0 Å². The summed E-state index contributed by atoms with van der Waals surface area (Å²) in [5, 5.41) is 18.7. The van der Waals surface area contributed by atoms with Crippen LogP contribution in [0.1, 0.15) is 78.6 Å². The molecule has 4 rings (SSSR count). The van der Waals surface area contributed by atoms with E-state index in [1.54, 1.807) is 6.92 Å². The first-order valence-electron chi connectivity index (χ1n) is 14.5. The van der Waals surface area contributed by atoms with Crippen LogP contribution in [-0.4, -0.2) is 60.6 Å². The van der Waals surface area contributed by atoms with E-state index in [1.165, 1.54) is 6.08 Å². The third-order valence-electron chi connectivity index (χ3n) is 8.56. The number of aromatic nitrogens is 2. The Labute approximate surface area is 261 Å². The van der Waals surface area contributed by atoms with Gasteiger partial charge in [-0.1, -0.05) is 12.7 Å². The van der Waals surface area contributed by atoms with Crippen LogP contribution in [0.25, 0.3) is 0 Å². The molecule has 2 aliphatic rings. The number of nitrogens with zero attached hydrogens (tertiary/aromatic N) is 2. The van der Waals surface area contributed by atoms with E-state index in [1.807, 2.05) is 27.7 Å². The summed E-state index contributed by atoms with van der Waals surface area (Å²) in [6.07, 6.45) is 3.09. The Hall–Kier alpha value is -4.25. The van der Waals surface area contributed by atoms with Gasteiger partial charge < -0.3 is 20.2 Å². The average Bonchev–Trinajstić information content (AvgIpc) is 3.59. The van der Waals surface area contributed by atoms with Crippen molar-refractivity contribution in [3.8, 4) is 0 Å². The molecule has 2 aromatic rings. The Morgan fingerprint density at radius 2 is 1.27 bits per heavy atom. The maximum absolute atomic E-state index is 12.4. The van der Waals surface area contributed by atoms with Crippen molar-refractivity contribution in [1.29, 1.82) is 0 Å². The fraction of sp³-hybridized carbons (Fsp3) is 0.394. The third-order valence-corrected chi connectivity index (χ3v) is 8.82. The van der Waals surface area contributed by atoms with Crippen molar-refractivity contribution < 1.29 is 29.4 Å². The Morgan fingerprint density at radius 1 is 0.795 bits per heavy atom. The van der Waals surface area contributed by atoms with E-state index in [-0.39, 0.29) is 29.9 Å². The first kappa shape index (κ1) is 32.7. The quantitative estimate of drug-likeness (QED) is 0.191. The summed E-state index contributed by atoms with van der Waals surface area (Å²) in [4.78, 5) is 63.3. The summed E-state index contributed by atoms with van der Waals surface area (Å²) in [6, 6.07) is 0. The highest BCUT2D eigenvalue weighted by Crippen LogP contribution is 2.31. The largest absolute Gasteiger partial charge is 0.481 e. The van der Waals surface area contributed by atoms with Crippen molar-refractivity contribution in [3.63, 3.8) is 0 Å². The zero-order valence-corrected chi connectivity index (χ0v) is 26.6. The minimum absolute atomic E-state index is 0.0603. The van der Waals surface area contributed by atoms with E-state index in [0.717, 1.165) is 56.2 Å². The number of carboxylic acid groups (broad SMARTS) is 2. The molecule has 2 amide bonds. The fourth-order valence-electron chi connectivity index (χ4n) is 6.11. The summed E-state index contributed by atoms with van der Waals surface area (Å²) in [5.41, 5.74) is 10.7. The maximum Gasteiger partial charge on any atom is 0.303 e. The highest BCUT2D eigenvalue weighted by molar-refractivity contribution is 7.81. The number of allylic oxidation sites excluding steroid dienone is 1. The second-order valence-corrected chi connectivity index (χ2v) is 12.1. The molecule has 0 fully saturated rings. The van der Waals surface area contributed by atoms with Gasteiger partial charge in [-0.25, -0.2) is 9.98 Å². The summed E-state index contributed by atoms with van der Waals surface area (Å²) < 4.78 is 0. The first-order valence-corrected chi connectivity index (χ1v) is 15.0. The Morgan fingerprint density at radius 3 is 1.70 bits per heavy atom. The van der Waals surface area contributed by atoms with Crippen LogP contribution in [-0.2, 0) is 51.3 Å². The van der Waals surface area contributed by atoms with Crippen LogP contribution in [0.5, 0.6) is 0 Å². The molecule has 0 unspecified atom stereocenters. The Kier molecular flexibility index (Phi) is 9.78. The molecule has 11 heteroatoms. The number of hydrogen-bond donors (Lipinski definition) is 5. The van der Waals surface area contributed by atoms with E-state index in [0.29, 0.717) is 54.7 Å². The van der Waals surface area contributed by atoms with E-state index >= 15 is 0 Å². The van der Waals surface area contributed by atoms with Crippen LogP contribution < -0.4 is 0 Å². The Balaban J connectivity index is 1.74. The molecule has 0 aliphatic carbocycles. The van der Waals surface area contributed by atoms with E-state index in [4.69, 9.17) is 0 Å². The zero-order chi connectivity index (χ0) is 32.5. The average molecular weight is 619 g/mol. The second kappa shape index (κ2) is 13.2. The minimum atomic E-state index is -0.914. The number of H-pyrrole nitrogens is 2. The monoisotopic (exact) mass is 618 g/mol. The van der Waals surface area contributed by atoms with Crippen molar-refractivity contribution in [2.24, 2.45) is 9.98 Å². The molecular formula is C33H38N4O6S. The molecule has 0 saturated carbocycles. The number of nitrogens with one attached hydrogen (secondary N) is 2. The second-order valence-electron chi connectivity index (χ2n) is 11.4. The van der Waals surface area contributed by atoms with E-state index in [9.17, 15) is 29.4 Å². The number of amides is 2. The molecule has 2 aliphatic heterocycles. The number of carbonyl (C=O) groups excluding carboxylic acids is 2. The van der Waals surface area contributed by atoms with Crippen molar-refractivity contribution in [2.45, 2.75) is 84.8 Å². The van der Waals surface area contributed by atoms with Gasteiger partial charge in [0.05, 0.1) is 11.4 Å². The van der Waals surface area contributed by atoms with Crippen molar-refractivity contribution >= 4 is 47.8 Å². The molecule has 4 heterocycles. The van der Waals surface area contributed by atoms with Crippen molar-refractivity contribution in [2.75, 3.05) is 0 Å².